The minimum Gasteiger partial charge on any atom is -0.472 e. The molecule has 0 bridgehead atoms. The fourth-order valence-corrected chi connectivity index (χ4v) is 2.00. The molecule has 3 heteroatoms. The van der Waals surface area contributed by atoms with E-state index in [4.69, 9.17) is 4.42 Å². The number of nitrogens with one attached hydrogen (secondary N) is 1. The maximum atomic E-state index is 5.06. The summed E-state index contributed by atoms with van der Waals surface area (Å²) in [7, 11) is 0. The van der Waals surface area contributed by atoms with Crippen molar-refractivity contribution in [3.8, 4) is 0 Å². The summed E-state index contributed by atoms with van der Waals surface area (Å²) in [6, 6.07) is 10.6. The highest BCUT2D eigenvalue weighted by atomic mass is 79.9. The number of hydrogen-bond donors (Lipinski definition) is 1. The van der Waals surface area contributed by atoms with Crippen LogP contribution in [0, 0.1) is 0 Å². The Balaban J connectivity index is 1.92. The highest BCUT2D eigenvalue weighted by Gasteiger charge is 2.05. The molecule has 0 aliphatic carbocycles. The number of rotatable bonds is 4. The van der Waals surface area contributed by atoms with Crippen LogP contribution in [0.2, 0.25) is 0 Å². The predicted molar refractivity (Wildman–Crippen MR) is 68.1 cm³/mol. The van der Waals surface area contributed by atoms with Gasteiger partial charge < -0.3 is 9.73 Å². The quantitative estimate of drug-likeness (QED) is 0.919. The van der Waals surface area contributed by atoms with Crippen LogP contribution >= 0.6 is 15.9 Å². The largest absolute Gasteiger partial charge is 0.472 e. The average Bonchev–Trinajstić information content (AvgIpc) is 2.79. The van der Waals surface area contributed by atoms with E-state index in [-0.39, 0.29) is 0 Å². The van der Waals surface area contributed by atoms with Gasteiger partial charge in [-0.2, -0.15) is 0 Å². The summed E-state index contributed by atoms with van der Waals surface area (Å²) >= 11 is 3.47. The van der Waals surface area contributed by atoms with Gasteiger partial charge in [-0.1, -0.05) is 28.1 Å². The van der Waals surface area contributed by atoms with Crippen molar-refractivity contribution >= 4 is 15.9 Å². The molecule has 1 heterocycles. The van der Waals surface area contributed by atoms with E-state index in [0.29, 0.717) is 6.04 Å². The van der Waals surface area contributed by atoms with Crippen LogP contribution in [-0.2, 0) is 6.54 Å². The Hall–Kier alpha value is -1.06. The zero-order chi connectivity index (χ0) is 11.4. The van der Waals surface area contributed by atoms with Crippen molar-refractivity contribution in [3.63, 3.8) is 0 Å². The van der Waals surface area contributed by atoms with Gasteiger partial charge in [0.25, 0.3) is 0 Å². The number of benzene rings is 1. The van der Waals surface area contributed by atoms with E-state index in [1.54, 1.807) is 12.5 Å². The van der Waals surface area contributed by atoms with Gasteiger partial charge in [-0.15, -0.1) is 0 Å². The Labute approximate surface area is 104 Å². The van der Waals surface area contributed by atoms with Crippen molar-refractivity contribution in [1.29, 1.82) is 0 Å². The van der Waals surface area contributed by atoms with Gasteiger partial charge in [-0.25, -0.2) is 0 Å². The third-order valence-corrected chi connectivity index (χ3v) is 3.04. The van der Waals surface area contributed by atoms with Gasteiger partial charge in [-0.05, 0) is 30.7 Å². The number of hydrogen-bond acceptors (Lipinski definition) is 2. The van der Waals surface area contributed by atoms with Gasteiger partial charge in [0.15, 0.2) is 0 Å². The molecule has 0 saturated heterocycles. The maximum absolute atomic E-state index is 5.06. The average molecular weight is 280 g/mol. The normalized spacial score (nSPS) is 12.6. The van der Waals surface area contributed by atoms with Gasteiger partial charge in [-0.3, -0.25) is 0 Å². The Morgan fingerprint density at radius 1 is 1.38 bits per heavy atom. The molecule has 0 amide bonds. The van der Waals surface area contributed by atoms with Crippen LogP contribution in [0.25, 0.3) is 0 Å². The molecule has 2 aromatic rings. The molecule has 0 aliphatic heterocycles. The van der Waals surface area contributed by atoms with Crippen molar-refractivity contribution in [2.24, 2.45) is 0 Å². The lowest BCUT2D eigenvalue weighted by atomic mass is 10.1. The van der Waals surface area contributed by atoms with Gasteiger partial charge in [0.05, 0.1) is 12.5 Å². The summed E-state index contributed by atoms with van der Waals surface area (Å²) in [5, 5.41) is 3.45. The fourth-order valence-electron chi connectivity index (χ4n) is 1.56. The third kappa shape index (κ3) is 2.97. The highest BCUT2D eigenvalue weighted by molar-refractivity contribution is 9.10. The zero-order valence-corrected chi connectivity index (χ0v) is 10.7. The van der Waals surface area contributed by atoms with E-state index in [9.17, 15) is 0 Å². The lowest BCUT2D eigenvalue weighted by molar-refractivity contribution is 0.538. The Morgan fingerprint density at radius 3 is 2.94 bits per heavy atom. The maximum Gasteiger partial charge on any atom is 0.0950 e. The second-order valence-corrected chi connectivity index (χ2v) is 4.70. The zero-order valence-electron chi connectivity index (χ0n) is 9.11. The first-order valence-corrected chi connectivity index (χ1v) is 6.05. The van der Waals surface area contributed by atoms with Crippen LogP contribution in [0.1, 0.15) is 24.1 Å². The van der Waals surface area contributed by atoms with Crippen molar-refractivity contribution in [1.82, 2.24) is 5.32 Å². The molecule has 84 valence electrons. The third-order valence-electron chi connectivity index (χ3n) is 2.54. The number of furan rings is 1. The molecule has 2 rings (SSSR count). The molecule has 0 saturated carbocycles. The molecule has 0 fully saturated rings. The lowest BCUT2D eigenvalue weighted by Crippen LogP contribution is -2.17. The molecule has 0 aliphatic rings. The molecule has 1 aromatic heterocycles. The van der Waals surface area contributed by atoms with Gasteiger partial charge in [0, 0.05) is 22.6 Å². The predicted octanol–water partition coefficient (Wildman–Crippen LogP) is 3.89. The standard InChI is InChI=1S/C13H14BrNO/c1-10(12-5-6-16-9-12)15-8-11-3-2-4-13(14)7-11/h2-7,9-10,15H,8H2,1H3. The first-order chi connectivity index (χ1) is 7.75. The van der Waals surface area contributed by atoms with E-state index >= 15 is 0 Å². The summed E-state index contributed by atoms with van der Waals surface area (Å²) in [6.45, 7) is 2.98. The summed E-state index contributed by atoms with van der Waals surface area (Å²) in [6.07, 6.45) is 3.48. The topological polar surface area (TPSA) is 25.2 Å². The first kappa shape index (κ1) is 11.4. The summed E-state index contributed by atoms with van der Waals surface area (Å²) in [5.74, 6) is 0. The highest BCUT2D eigenvalue weighted by Crippen LogP contribution is 2.15. The molecule has 0 radical (unpaired) electrons. The minimum absolute atomic E-state index is 0.303. The number of halogens is 1. The summed E-state index contributed by atoms with van der Waals surface area (Å²) in [5.41, 5.74) is 2.44. The van der Waals surface area contributed by atoms with Gasteiger partial charge in [0.2, 0.25) is 0 Å². The summed E-state index contributed by atoms with van der Waals surface area (Å²) < 4.78 is 6.17. The lowest BCUT2D eigenvalue weighted by Gasteiger charge is -2.11. The van der Waals surface area contributed by atoms with Crippen LogP contribution < -0.4 is 5.32 Å². The first-order valence-electron chi connectivity index (χ1n) is 5.25. The fraction of sp³-hybridized carbons (Fsp3) is 0.231. The smallest absolute Gasteiger partial charge is 0.0950 e. The molecule has 1 N–H and O–H groups in total. The van der Waals surface area contributed by atoms with Crippen LogP contribution in [-0.4, -0.2) is 0 Å². The van der Waals surface area contributed by atoms with Crippen LogP contribution in [0.5, 0.6) is 0 Å². The van der Waals surface area contributed by atoms with Crippen molar-refractivity contribution in [2.45, 2.75) is 19.5 Å². The van der Waals surface area contributed by atoms with Crippen molar-refractivity contribution in [3.05, 3.63) is 58.5 Å². The van der Waals surface area contributed by atoms with E-state index in [0.717, 1.165) is 11.0 Å². The second kappa shape index (κ2) is 5.32. The molecule has 1 aromatic carbocycles. The second-order valence-electron chi connectivity index (χ2n) is 3.79. The minimum atomic E-state index is 0.303. The molecular weight excluding hydrogens is 266 g/mol. The summed E-state index contributed by atoms with van der Waals surface area (Å²) in [4.78, 5) is 0. The molecular formula is C13H14BrNO. The van der Waals surface area contributed by atoms with E-state index in [1.807, 2.05) is 18.2 Å². The Morgan fingerprint density at radius 2 is 2.25 bits per heavy atom. The van der Waals surface area contributed by atoms with Crippen LogP contribution in [0.3, 0.4) is 0 Å². The van der Waals surface area contributed by atoms with Crippen molar-refractivity contribution < 1.29 is 4.42 Å². The SMILES string of the molecule is CC(NCc1cccc(Br)c1)c1ccoc1. The van der Waals surface area contributed by atoms with E-state index in [1.165, 1.54) is 11.1 Å². The molecule has 16 heavy (non-hydrogen) atoms. The Kier molecular flexibility index (Phi) is 3.80. The molecule has 1 atom stereocenters. The van der Waals surface area contributed by atoms with Crippen LogP contribution in [0.15, 0.2) is 51.7 Å². The van der Waals surface area contributed by atoms with Gasteiger partial charge >= 0.3 is 0 Å². The van der Waals surface area contributed by atoms with Crippen LogP contribution in [0.4, 0.5) is 0 Å². The molecule has 1 unspecified atom stereocenters. The van der Waals surface area contributed by atoms with E-state index in [2.05, 4.69) is 40.3 Å². The Bertz CT molecular complexity index is 439. The van der Waals surface area contributed by atoms with Gasteiger partial charge in [0.1, 0.15) is 0 Å². The molecule has 2 nitrogen and oxygen atoms in total. The van der Waals surface area contributed by atoms with E-state index < -0.39 is 0 Å². The molecule has 0 spiro atoms. The monoisotopic (exact) mass is 279 g/mol. The van der Waals surface area contributed by atoms with Crippen molar-refractivity contribution in [2.75, 3.05) is 0 Å².